The number of nitrogens with zero attached hydrogens (tertiary/aromatic N) is 1. The van der Waals surface area contributed by atoms with Crippen molar-refractivity contribution < 1.29 is 4.79 Å². The first kappa shape index (κ1) is 14.4. The Morgan fingerprint density at radius 3 is 2.90 bits per heavy atom. The summed E-state index contributed by atoms with van der Waals surface area (Å²) in [6, 6.07) is 6.49. The number of hydrogen-bond donors (Lipinski definition) is 1. The topological polar surface area (TPSA) is 46.3 Å². The highest BCUT2D eigenvalue weighted by Crippen LogP contribution is 2.36. The molecule has 3 nitrogen and oxygen atoms in total. The van der Waals surface area contributed by atoms with Crippen LogP contribution in [0, 0.1) is 12.8 Å². The van der Waals surface area contributed by atoms with E-state index in [9.17, 15) is 4.79 Å². The first-order valence-electron chi connectivity index (χ1n) is 7.58. The Hall–Kier alpha value is -1.55. The van der Waals surface area contributed by atoms with Crippen LogP contribution < -0.4 is 5.73 Å². The van der Waals surface area contributed by atoms with Crippen LogP contribution in [-0.4, -0.2) is 23.4 Å². The van der Waals surface area contributed by atoms with Crippen molar-refractivity contribution in [1.82, 2.24) is 4.90 Å². The van der Waals surface area contributed by atoms with Crippen LogP contribution >= 0.6 is 11.3 Å². The van der Waals surface area contributed by atoms with Gasteiger partial charge in [-0.2, -0.15) is 0 Å². The van der Waals surface area contributed by atoms with E-state index in [4.69, 9.17) is 5.73 Å². The molecular weight excluding hydrogens is 280 g/mol. The Labute approximate surface area is 129 Å². The Bertz CT molecular complexity index is 691. The second kappa shape index (κ2) is 5.34. The van der Waals surface area contributed by atoms with Crippen molar-refractivity contribution in [2.75, 3.05) is 12.3 Å². The van der Waals surface area contributed by atoms with Crippen molar-refractivity contribution in [3.63, 3.8) is 0 Å². The van der Waals surface area contributed by atoms with Gasteiger partial charge in [0.2, 0.25) is 0 Å². The zero-order valence-corrected chi connectivity index (χ0v) is 13.7. The predicted molar refractivity (Wildman–Crippen MR) is 89.9 cm³/mol. The lowest BCUT2D eigenvalue weighted by Gasteiger charge is -2.37. The van der Waals surface area contributed by atoms with E-state index in [0.717, 1.165) is 23.1 Å². The number of rotatable bonds is 1. The van der Waals surface area contributed by atoms with Crippen molar-refractivity contribution in [3.05, 3.63) is 28.6 Å². The van der Waals surface area contributed by atoms with Gasteiger partial charge in [0.25, 0.3) is 5.91 Å². The van der Waals surface area contributed by atoms with Gasteiger partial charge < -0.3 is 10.6 Å². The van der Waals surface area contributed by atoms with Gasteiger partial charge >= 0.3 is 0 Å². The zero-order valence-electron chi connectivity index (χ0n) is 12.8. The fourth-order valence-corrected chi connectivity index (χ4v) is 4.20. The summed E-state index contributed by atoms with van der Waals surface area (Å²) in [5.41, 5.74) is 8.08. The Balaban J connectivity index is 2.00. The lowest BCUT2D eigenvalue weighted by Crippen LogP contribution is -2.45. The molecule has 2 N–H and O–H groups in total. The molecule has 4 heteroatoms. The number of aryl methyl sites for hydroxylation is 1. The fraction of sp³-hybridized carbons (Fsp3) is 0.471. The minimum absolute atomic E-state index is 0.102. The number of benzene rings is 1. The summed E-state index contributed by atoms with van der Waals surface area (Å²) in [6.45, 7) is 7.26. The summed E-state index contributed by atoms with van der Waals surface area (Å²) >= 11 is 1.52. The first-order chi connectivity index (χ1) is 9.99. The number of amides is 1. The van der Waals surface area contributed by atoms with E-state index in [1.165, 1.54) is 23.3 Å². The molecule has 0 aliphatic carbocycles. The van der Waals surface area contributed by atoms with Crippen LogP contribution in [0.1, 0.15) is 41.9 Å². The fourth-order valence-electron chi connectivity index (χ4n) is 3.14. The molecule has 2 heterocycles. The van der Waals surface area contributed by atoms with Crippen LogP contribution in [0.25, 0.3) is 10.1 Å². The predicted octanol–water partition coefficient (Wildman–Crippen LogP) is 4.05. The van der Waals surface area contributed by atoms with E-state index in [0.29, 0.717) is 16.5 Å². The summed E-state index contributed by atoms with van der Waals surface area (Å²) in [5, 5.41) is 1.01. The second-order valence-corrected chi connectivity index (χ2v) is 7.26. The minimum atomic E-state index is 0.102. The van der Waals surface area contributed by atoms with Gasteiger partial charge in [0, 0.05) is 22.7 Å². The molecule has 0 spiro atoms. The van der Waals surface area contributed by atoms with Crippen molar-refractivity contribution in [3.8, 4) is 0 Å². The van der Waals surface area contributed by atoms with Gasteiger partial charge in [-0.3, -0.25) is 4.79 Å². The van der Waals surface area contributed by atoms with Gasteiger partial charge in [0.05, 0.1) is 5.69 Å². The summed E-state index contributed by atoms with van der Waals surface area (Å²) in [4.78, 5) is 15.6. The minimum Gasteiger partial charge on any atom is -0.397 e. The number of likely N-dealkylation sites (tertiary alicyclic amines) is 1. The molecule has 21 heavy (non-hydrogen) atoms. The van der Waals surface area contributed by atoms with Gasteiger partial charge in [-0.05, 0) is 44.7 Å². The molecule has 3 rings (SSSR count). The molecule has 0 bridgehead atoms. The third-order valence-corrected chi connectivity index (χ3v) is 5.89. The van der Waals surface area contributed by atoms with Crippen molar-refractivity contribution in [1.29, 1.82) is 0 Å². The number of nitrogen functional groups attached to an aromatic ring is 1. The van der Waals surface area contributed by atoms with Gasteiger partial charge in [-0.1, -0.05) is 18.6 Å². The number of thiophene rings is 1. The van der Waals surface area contributed by atoms with Crippen LogP contribution in [0.2, 0.25) is 0 Å². The summed E-state index contributed by atoms with van der Waals surface area (Å²) < 4.78 is 1.10. The monoisotopic (exact) mass is 302 g/mol. The first-order valence-corrected chi connectivity index (χ1v) is 8.40. The SMILES string of the molecule is Cc1ccc2sc(C(=O)N3CCCC(C)C3C)c(N)c2c1. The lowest BCUT2D eigenvalue weighted by atomic mass is 9.92. The largest absolute Gasteiger partial charge is 0.397 e. The number of carbonyl (C=O) groups excluding carboxylic acids is 1. The number of piperidine rings is 1. The molecule has 1 amide bonds. The van der Waals surface area contributed by atoms with E-state index in [1.807, 2.05) is 11.8 Å². The molecular formula is C17H22N2OS. The molecule has 2 unspecified atom stereocenters. The average molecular weight is 302 g/mol. The van der Waals surface area contributed by atoms with Crippen LogP contribution in [-0.2, 0) is 0 Å². The van der Waals surface area contributed by atoms with E-state index in [2.05, 4.69) is 32.0 Å². The smallest absolute Gasteiger partial charge is 0.266 e. The summed E-state index contributed by atoms with van der Waals surface area (Å²) in [6.07, 6.45) is 2.28. The molecule has 1 fully saturated rings. The van der Waals surface area contributed by atoms with Crippen molar-refractivity contribution in [2.45, 2.75) is 39.7 Å². The van der Waals surface area contributed by atoms with E-state index in [1.54, 1.807) is 0 Å². The van der Waals surface area contributed by atoms with Crippen LogP contribution in [0.4, 0.5) is 5.69 Å². The summed E-state index contributed by atoms with van der Waals surface area (Å²) in [5.74, 6) is 0.658. The number of fused-ring (bicyclic) bond motifs is 1. The van der Waals surface area contributed by atoms with E-state index < -0.39 is 0 Å². The molecule has 2 aromatic rings. The van der Waals surface area contributed by atoms with Crippen LogP contribution in [0.15, 0.2) is 18.2 Å². The quantitative estimate of drug-likeness (QED) is 0.863. The van der Waals surface area contributed by atoms with Gasteiger partial charge in [0.1, 0.15) is 4.88 Å². The lowest BCUT2D eigenvalue weighted by molar-refractivity contribution is 0.0557. The molecule has 112 valence electrons. The molecule has 2 atom stereocenters. The maximum Gasteiger partial charge on any atom is 0.266 e. The maximum atomic E-state index is 12.9. The molecule has 1 aliphatic rings. The Morgan fingerprint density at radius 1 is 1.38 bits per heavy atom. The Morgan fingerprint density at radius 2 is 2.14 bits per heavy atom. The highest BCUT2D eigenvalue weighted by molar-refractivity contribution is 7.21. The van der Waals surface area contributed by atoms with Gasteiger partial charge in [-0.25, -0.2) is 0 Å². The molecule has 1 aromatic heterocycles. The molecule has 1 saturated heterocycles. The molecule has 0 saturated carbocycles. The van der Waals surface area contributed by atoms with E-state index in [-0.39, 0.29) is 11.9 Å². The molecule has 1 aliphatic heterocycles. The molecule has 1 aromatic carbocycles. The standard InChI is InChI=1S/C17H22N2OS/c1-10-6-7-14-13(9-10)15(18)16(21-14)17(20)19-8-4-5-11(2)12(19)3/h6-7,9,11-12H,4-5,8,18H2,1-3H3. The number of hydrogen-bond acceptors (Lipinski definition) is 3. The van der Waals surface area contributed by atoms with Crippen LogP contribution in [0.3, 0.4) is 0 Å². The van der Waals surface area contributed by atoms with Gasteiger partial charge in [-0.15, -0.1) is 11.3 Å². The average Bonchev–Trinajstić information content (AvgIpc) is 2.78. The maximum absolute atomic E-state index is 12.9. The van der Waals surface area contributed by atoms with Crippen molar-refractivity contribution in [2.24, 2.45) is 5.92 Å². The van der Waals surface area contributed by atoms with E-state index >= 15 is 0 Å². The zero-order chi connectivity index (χ0) is 15.1. The number of carbonyl (C=O) groups is 1. The normalized spacial score (nSPS) is 22.7. The highest BCUT2D eigenvalue weighted by atomic mass is 32.1. The number of nitrogens with two attached hydrogens (primary N) is 1. The van der Waals surface area contributed by atoms with Crippen LogP contribution in [0.5, 0.6) is 0 Å². The van der Waals surface area contributed by atoms with Gasteiger partial charge in [0.15, 0.2) is 0 Å². The molecule has 0 radical (unpaired) electrons. The van der Waals surface area contributed by atoms with Crippen molar-refractivity contribution >= 4 is 33.0 Å². The second-order valence-electron chi connectivity index (χ2n) is 6.20. The Kier molecular flexibility index (Phi) is 3.66. The highest BCUT2D eigenvalue weighted by Gasteiger charge is 2.31. The number of anilines is 1. The summed E-state index contributed by atoms with van der Waals surface area (Å²) in [7, 11) is 0. The third kappa shape index (κ3) is 2.42. The third-order valence-electron chi connectivity index (χ3n) is 4.71.